The van der Waals surface area contributed by atoms with Crippen LogP contribution in [0.3, 0.4) is 0 Å². The van der Waals surface area contributed by atoms with Crippen molar-refractivity contribution < 1.29 is 14.9 Å². The minimum absolute atomic E-state index is 0.0645. The zero-order chi connectivity index (χ0) is 16.9. The van der Waals surface area contributed by atoms with Crippen molar-refractivity contribution in [2.45, 2.75) is 69.4 Å². The molecule has 0 aromatic rings. The molecule has 0 amide bonds. The molecule has 5 rings (SSSR count). The lowest BCUT2D eigenvalue weighted by atomic mass is 9.61. The average Bonchev–Trinajstić information content (AvgIpc) is 3.02. The van der Waals surface area contributed by atoms with Crippen LogP contribution >= 0.6 is 22.6 Å². The molecule has 2 aliphatic heterocycles. The Kier molecular flexibility index (Phi) is 3.18. The first-order valence-corrected chi connectivity index (χ1v) is 10.3. The molecular formula is C20H25IO3. The molecule has 2 fully saturated rings. The molecule has 1 unspecified atom stereocenters. The quantitative estimate of drug-likeness (QED) is 0.566. The first kappa shape index (κ1) is 16.0. The fourth-order valence-electron chi connectivity index (χ4n) is 6.24. The van der Waals surface area contributed by atoms with Crippen LogP contribution in [0.5, 0.6) is 0 Å². The van der Waals surface area contributed by atoms with Gasteiger partial charge >= 0.3 is 0 Å². The van der Waals surface area contributed by atoms with Gasteiger partial charge in [-0.05, 0) is 75.3 Å². The molecule has 1 saturated heterocycles. The maximum atomic E-state index is 10.7. The number of halogens is 1. The monoisotopic (exact) mass is 440 g/mol. The molecule has 2 heterocycles. The Morgan fingerprint density at radius 1 is 1.25 bits per heavy atom. The number of aliphatic hydroxyl groups is 2. The molecule has 3 aliphatic carbocycles. The van der Waals surface area contributed by atoms with Crippen molar-refractivity contribution in [3.05, 3.63) is 33.0 Å². The van der Waals surface area contributed by atoms with Crippen molar-refractivity contribution in [2.75, 3.05) is 0 Å². The van der Waals surface area contributed by atoms with Gasteiger partial charge in [-0.2, -0.15) is 0 Å². The zero-order valence-electron chi connectivity index (χ0n) is 14.3. The van der Waals surface area contributed by atoms with E-state index in [1.807, 2.05) is 6.92 Å². The minimum atomic E-state index is -0.791. The van der Waals surface area contributed by atoms with Gasteiger partial charge < -0.3 is 14.9 Å². The van der Waals surface area contributed by atoms with Gasteiger partial charge in [0.05, 0.1) is 17.3 Å². The summed E-state index contributed by atoms with van der Waals surface area (Å²) in [5.41, 5.74) is 1.83. The Bertz CT molecular complexity index is 710. The third-order valence-corrected chi connectivity index (χ3v) is 9.31. The highest BCUT2D eigenvalue weighted by Gasteiger charge is 2.66. The van der Waals surface area contributed by atoms with Gasteiger partial charge in [-0.3, -0.25) is 0 Å². The Labute approximate surface area is 157 Å². The smallest absolute Gasteiger partial charge is 0.104 e. The Morgan fingerprint density at radius 2 is 2.04 bits per heavy atom. The van der Waals surface area contributed by atoms with E-state index in [2.05, 4.69) is 47.7 Å². The van der Waals surface area contributed by atoms with Gasteiger partial charge in [-0.1, -0.05) is 32.1 Å². The number of hydrogen-bond acceptors (Lipinski definition) is 3. The molecule has 0 aromatic carbocycles. The molecule has 24 heavy (non-hydrogen) atoms. The topological polar surface area (TPSA) is 49.7 Å². The van der Waals surface area contributed by atoms with Gasteiger partial charge in [0.1, 0.15) is 6.10 Å². The van der Waals surface area contributed by atoms with E-state index in [4.69, 9.17) is 4.74 Å². The third kappa shape index (κ3) is 1.69. The summed E-state index contributed by atoms with van der Waals surface area (Å²) in [5, 5.41) is 21.0. The van der Waals surface area contributed by atoms with Crippen LogP contribution in [-0.2, 0) is 4.74 Å². The van der Waals surface area contributed by atoms with Crippen LogP contribution in [0.1, 0.15) is 46.0 Å². The largest absolute Gasteiger partial charge is 0.390 e. The molecule has 2 bridgehead atoms. The summed E-state index contributed by atoms with van der Waals surface area (Å²) in [4.78, 5) is 0. The van der Waals surface area contributed by atoms with Gasteiger partial charge in [0, 0.05) is 11.3 Å². The van der Waals surface area contributed by atoms with Crippen molar-refractivity contribution in [3.8, 4) is 0 Å². The fraction of sp³-hybridized carbons (Fsp3) is 0.700. The molecule has 130 valence electrons. The fourth-order valence-corrected chi connectivity index (χ4v) is 7.09. The molecule has 3 nitrogen and oxygen atoms in total. The van der Waals surface area contributed by atoms with Gasteiger partial charge in [-0.25, -0.2) is 0 Å². The normalized spacial score (nSPS) is 55.1. The van der Waals surface area contributed by atoms with Crippen molar-refractivity contribution in [1.29, 1.82) is 0 Å². The lowest BCUT2D eigenvalue weighted by Crippen LogP contribution is -2.57. The molecule has 1 saturated carbocycles. The van der Waals surface area contributed by atoms with Gasteiger partial charge in [-0.15, -0.1) is 0 Å². The van der Waals surface area contributed by atoms with Crippen LogP contribution in [0.15, 0.2) is 33.0 Å². The van der Waals surface area contributed by atoms with E-state index >= 15 is 0 Å². The van der Waals surface area contributed by atoms with Crippen molar-refractivity contribution >= 4 is 22.6 Å². The number of ether oxygens (including phenoxy) is 1. The lowest BCUT2D eigenvalue weighted by molar-refractivity contribution is -0.159. The second kappa shape index (κ2) is 4.76. The molecule has 4 heteroatoms. The minimum Gasteiger partial charge on any atom is -0.390 e. The van der Waals surface area contributed by atoms with E-state index in [1.165, 1.54) is 9.15 Å². The third-order valence-electron chi connectivity index (χ3n) is 7.64. The molecule has 7 atom stereocenters. The van der Waals surface area contributed by atoms with E-state index in [9.17, 15) is 10.2 Å². The molecule has 0 aromatic heterocycles. The molecule has 5 aliphatic rings. The number of rotatable bonds is 0. The molecule has 2 N–H and O–H groups in total. The number of hydrogen-bond donors (Lipinski definition) is 2. The van der Waals surface area contributed by atoms with Crippen LogP contribution in [-0.4, -0.2) is 33.6 Å². The number of aliphatic hydroxyl groups excluding tert-OH is 2. The van der Waals surface area contributed by atoms with Crippen LogP contribution in [0, 0.1) is 17.3 Å². The van der Waals surface area contributed by atoms with E-state index in [-0.39, 0.29) is 22.5 Å². The van der Waals surface area contributed by atoms with Crippen LogP contribution in [0.4, 0.5) is 0 Å². The second-order valence-corrected chi connectivity index (χ2v) is 9.99. The Morgan fingerprint density at radius 3 is 2.83 bits per heavy atom. The second-order valence-electron chi connectivity index (χ2n) is 8.82. The Hall–Kier alpha value is -0.170. The highest BCUT2D eigenvalue weighted by atomic mass is 127. The number of allylic oxidation sites excluding steroid dienone is 3. The van der Waals surface area contributed by atoms with Crippen molar-refractivity contribution in [2.24, 2.45) is 17.3 Å². The van der Waals surface area contributed by atoms with E-state index in [1.54, 1.807) is 0 Å². The van der Waals surface area contributed by atoms with Crippen LogP contribution < -0.4 is 0 Å². The standard InChI is InChI=1S/C20H25IO3/c1-11-10-19-7-8-20(24-19)12(9-13(19)17(23)16(11)22)5-6-18(2)14(20)3-4-15(18)21/h4-5,9,11,14,16-17,22-23H,3,6-8,10H2,1-2H3/t11-,14+,16+,17+,18-,19+,20?/m0/s1. The summed E-state index contributed by atoms with van der Waals surface area (Å²) in [6.45, 7) is 4.42. The highest BCUT2D eigenvalue weighted by molar-refractivity contribution is 14.1. The summed E-state index contributed by atoms with van der Waals surface area (Å²) < 4.78 is 8.43. The average molecular weight is 440 g/mol. The van der Waals surface area contributed by atoms with Crippen LogP contribution in [0.2, 0.25) is 0 Å². The van der Waals surface area contributed by atoms with E-state index < -0.39 is 12.2 Å². The molecular weight excluding hydrogens is 415 g/mol. The Balaban J connectivity index is 1.66. The number of fused-ring (bicyclic) bond motifs is 1. The summed E-state index contributed by atoms with van der Waals surface area (Å²) in [7, 11) is 0. The van der Waals surface area contributed by atoms with E-state index in [0.717, 1.165) is 37.7 Å². The zero-order valence-corrected chi connectivity index (χ0v) is 16.4. The maximum absolute atomic E-state index is 10.7. The summed E-state index contributed by atoms with van der Waals surface area (Å²) in [6, 6.07) is 0. The van der Waals surface area contributed by atoms with Gasteiger partial charge in [0.15, 0.2) is 0 Å². The maximum Gasteiger partial charge on any atom is 0.104 e. The van der Waals surface area contributed by atoms with Gasteiger partial charge in [0.25, 0.3) is 0 Å². The summed E-state index contributed by atoms with van der Waals surface area (Å²) in [6.07, 6.45) is 10.4. The first-order valence-electron chi connectivity index (χ1n) is 9.18. The molecule has 2 spiro atoms. The molecule has 0 radical (unpaired) electrons. The first-order chi connectivity index (χ1) is 11.3. The van der Waals surface area contributed by atoms with Gasteiger partial charge in [0.2, 0.25) is 0 Å². The van der Waals surface area contributed by atoms with Crippen molar-refractivity contribution in [3.63, 3.8) is 0 Å². The van der Waals surface area contributed by atoms with E-state index in [0.29, 0.717) is 5.92 Å². The van der Waals surface area contributed by atoms with Crippen LogP contribution in [0.25, 0.3) is 0 Å². The van der Waals surface area contributed by atoms with Crippen molar-refractivity contribution in [1.82, 2.24) is 0 Å². The summed E-state index contributed by atoms with van der Waals surface area (Å²) in [5.74, 6) is 0.558. The predicted molar refractivity (Wildman–Crippen MR) is 101 cm³/mol. The summed E-state index contributed by atoms with van der Waals surface area (Å²) >= 11 is 2.52. The predicted octanol–water partition coefficient (Wildman–Crippen LogP) is 3.65. The SMILES string of the molecule is C[C@H]1C[C@@]23CCC4(O2)C(=CC[C@]2(C)C(I)=CC[C@@H]42)C=C3[C@@H](O)[C@@H]1O. The highest BCUT2D eigenvalue weighted by Crippen LogP contribution is 2.67. The lowest BCUT2D eigenvalue weighted by Gasteiger charge is -2.54.